The Hall–Kier alpha value is -0.650. The van der Waals surface area contributed by atoms with E-state index in [0.29, 0.717) is 13.1 Å². The minimum absolute atomic E-state index is 0.0646. The second-order valence-electron chi connectivity index (χ2n) is 4.49. The van der Waals surface area contributed by atoms with Crippen molar-refractivity contribution >= 4 is 5.91 Å². The summed E-state index contributed by atoms with van der Waals surface area (Å²) in [6.07, 6.45) is 2.60. The number of carbonyl (C=O) groups excluding carboxylic acids is 1. The first-order chi connectivity index (χ1) is 7.74. The molecule has 0 bridgehead atoms. The van der Waals surface area contributed by atoms with Crippen LogP contribution in [-0.4, -0.2) is 55.9 Å². The highest BCUT2D eigenvalue weighted by molar-refractivity contribution is 5.81. The molecule has 2 rings (SSSR count). The van der Waals surface area contributed by atoms with Gasteiger partial charge in [0.25, 0.3) is 5.91 Å². The number of carbonyl (C=O) groups is 1. The van der Waals surface area contributed by atoms with Crippen LogP contribution >= 0.6 is 0 Å². The van der Waals surface area contributed by atoms with Crippen molar-refractivity contribution in [2.45, 2.75) is 37.6 Å². The predicted molar refractivity (Wildman–Crippen MR) is 58.9 cm³/mol. The summed E-state index contributed by atoms with van der Waals surface area (Å²) in [6.45, 7) is 1.98. The summed E-state index contributed by atoms with van der Waals surface area (Å²) >= 11 is 0. The fourth-order valence-corrected chi connectivity index (χ4v) is 2.39. The molecule has 2 aliphatic heterocycles. The summed E-state index contributed by atoms with van der Waals surface area (Å²) in [7, 11) is 1.69. The van der Waals surface area contributed by atoms with E-state index < -0.39 is 0 Å². The van der Waals surface area contributed by atoms with Crippen LogP contribution in [0.1, 0.15) is 19.3 Å². The number of hydrogen-bond acceptors (Lipinski definition) is 4. The van der Waals surface area contributed by atoms with E-state index in [1.807, 2.05) is 4.90 Å². The lowest BCUT2D eigenvalue weighted by atomic mass is 10.2. The average Bonchev–Trinajstić information content (AvgIpc) is 2.97. The maximum atomic E-state index is 12.1. The van der Waals surface area contributed by atoms with Gasteiger partial charge in [-0.25, -0.2) is 0 Å². The molecular formula is C11H20N2O3. The maximum absolute atomic E-state index is 12.1. The van der Waals surface area contributed by atoms with Crippen LogP contribution in [0.15, 0.2) is 0 Å². The van der Waals surface area contributed by atoms with Gasteiger partial charge >= 0.3 is 0 Å². The van der Waals surface area contributed by atoms with Crippen molar-refractivity contribution in [1.82, 2.24) is 4.90 Å². The van der Waals surface area contributed by atoms with Gasteiger partial charge in [0.1, 0.15) is 6.10 Å². The number of ether oxygens (including phenoxy) is 2. The summed E-state index contributed by atoms with van der Waals surface area (Å²) < 4.78 is 10.8. The normalized spacial score (nSPS) is 34.6. The molecule has 0 aromatic rings. The van der Waals surface area contributed by atoms with E-state index >= 15 is 0 Å². The van der Waals surface area contributed by atoms with E-state index in [1.165, 1.54) is 0 Å². The molecule has 92 valence electrons. The van der Waals surface area contributed by atoms with Crippen LogP contribution in [0.3, 0.4) is 0 Å². The van der Waals surface area contributed by atoms with Crippen molar-refractivity contribution < 1.29 is 14.3 Å². The number of nitrogens with zero attached hydrogens (tertiary/aromatic N) is 1. The van der Waals surface area contributed by atoms with E-state index in [-0.39, 0.29) is 24.2 Å². The summed E-state index contributed by atoms with van der Waals surface area (Å²) in [5.74, 6) is 0.107. The molecule has 16 heavy (non-hydrogen) atoms. The van der Waals surface area contributed by atoms with Crippen LogP contribution in [0.25, 0.3) is 0 Å². The van der Waals surface area contributed by atoms with Crippen molar-refractivity contribution in [3.63, 3.8) is 0 Å². The molecule has 0 aromatic carbocycles. The largest absolute Gasteiger partial charge is 0.380 e. The van der Waals surface area contributed by atoms with Gasteiger partial charge in [-0.15, -0.1) is 0 Å². The first kappa shape index (κ1) is 11.8. The molecule has 0 aliphatic carbocycles. The van der Waals surface area contributed by atoms with Crippen molar-refractivity contribution in [2.75, 3.05) is 26.7 Å². The second-order valence-corrected chi connectivity index (χ2v) is 4.49. The van der Waals surface area contributed by atoms with Crippen LogP contribution in [0.2, 0.25) is 0 Å². The molecular weight excluding hydrogens is 208 g/mol. The molecule has 2 aliphatic rings. The minimum atomic E-state index is -0.274. The van der Waals surface area contributed by atoms with E-state index in [2.05, 4.69) is 0 Å². The summed E-state index contributed by atoms with van der Waals surface area (Å²) in [5, 5.41) is 0. The van der Waals surface area contributed by atoms with Crippen molar-refractivity contribution in [3.8, 4) is 0 Å². The fraction of sp³-hybridized carbons (Fsp3) is 0.909. The molecule has 5 heteroatoms. The van der Waals surface area contributed by atoms with Crippen molar-refractivity contribution in [2.24, 2.45) is 5.73 Å². The lowest BCUT2D eigenvalue weighted by molar-refractivity contribution is -0.142. The number of rotatable bonds is 3. The zero-order valence-electron chi connectivity index (χ0n) is 9.72. The minimum Gasteiger partial charge on any atom is -0.380 e. The second kappa shape index (κ2) is 5.12. The first-order valence-electron chi connectivity index (χ1n) is 5.91. The Kier molecular flexibility index (Phi) is 3.78. The molecule has 3 atom stereocenters. The molecule has 5 nitrogen and oxygen atoms in total. The fourth-order valence-electron chi connectivity index (χ4n) is 2.39. The summed E-state index contributed by atoms with van der Waals surface area (Å²) in [4.78, 5) is 13.9. The predicted octanol–water partition coefficient (Wildman–Crippen LogP) is -0.260. The van der Waals surface area contributed by atoms with Crippen LogP contribution in [-0.2, 0) is 14.3 Å². The number of amides is 1. The molecule has 0 unspecified atom stereocenters. The highest BCUT2D eigenvalue weighted by Gasteiger charge is 2.35. The third-order valence-electron chi connectivity index (χ3n) is 3.44. The average molecular weight is 228 g/mol. The monoisotopic (exact) mass is 228 g/mol. The molecule has 2 saturated heterocycles. The van der Waals surface area contributed by atoms with Gasteiger partial charge in [-0.3, -0.25) is 4.79 Å². The standard InChI is InChI=1S/C11H20N2O3/c1-15-9-4-5-13(7-9)11(14)10-3-2-8(6-12)16-10/h8-10H,2-7,12H2,1H3/t8-,9-,10+/m1/s1. The molecule has 2 fully saturated rings. The Balaban J connectivity index is 1.84. The quantitative estimate of drug-likeness (QED) is 0.723. The number of hydrogen-bond donors (Lipinski definition) is 1. The van der Waals surface area contributed by atoms with E-state index in [9.17, 15) is 4.79 Å². The number of nitrogens with two attached hydrogens (primary N) is 1. The van der Waals surface area contributed by atoms with Crippen LogP contribution < -0.4 is 5.73 Å². The summed E-state index contributed by atoms with van der Waals surface area (Å²) in [5.41, 5.74) is 5.52. The van der Waals surface area contributed by atoms with Crippen LogP contribution in [0.4, 0.5) is 0 Å². The molecule has 0 spiro atoms. The van der Waals surface area contributed by atoms with Gasteiger partial charge < -0.3 is 20.1 Å². The van der Waals surface area contributed by atoms with Crippen LogP contribution in [0.5, 0.6) is 0 Å². The van der Waals surface area contributed by atoms with E-state index in [1.54, 1.807) is 7.11 Å². The Morgan fingerprint density at radius 1 is 1.50 bits per heavy atom. The zero-order valence-corrected chi connectivity index (χ0v) is 9.72. The molecule has 0 radical (unpaired) electrons. The third kappa shape index (κ3) is 2.36. The van der Waals surface area contributed by atoms with Gasteiger partial charge in [-0.1, -0.05) is 0 Å². The molecule has 2 N–H and O–H groups in total. The highest BCUT2D eigenvalue weighted by atomic mass is 16.5. The van der Waals surface area contributed by atoms with Gasteiger partial charge in [0.05, 0.1) is 12.2 Å². The molecule has 2 heterocycles. The summed E-state index contributed by atoms with van der Waals surface area (Å²) in [6, 6.07) is 0. The van der Waals surface area contributed by atoms with Crippen LogP contribution in [0, 0.1) is 0 Å². The van der Waals surface area contributed by atoms with Crippen molar-refractivity contribution in [1.29, 1.82) is 0 Å². The van der Waals surface area contributed by atoms with Gasteiger partial charge in [-0.05, 0) is 19.3 Å². The SMILES string of the molecule is CO[C@@H]1CCN(C(=O)[C@@H]2CC[C@H](CN)O2)C1. The van der Waals surface area contributed by atoms with Gasteiger partial charge in [0.15, 0.2) is 0 Å². The van der Waals surface area contributed by atoms with E-state index in [0.717, 1.165) is 25.8 Å². The van der Waals surface area contributed by atoms with Gasteiger partial charge in [-0.2, -0.15) is 0 Å². The Bertz CT molecular complexity index is 236. The van der Waals surface area contributed by atoms with Crippen molar-refractivity contribution in [3.05, 3.63) is 0 Å². The third-order valence-corrected chi connectivity index (χ3v) is 3.44. The Morgan fingerprint density at radius 3 is 2.88 bits per heavy atom. The Labute approximate surface area is 95.9 Å². The zero-order chi connectivity index (χ0) is 11.5. The number of methoxy groups -OCH3 is 1. The topological polar surface area (TPSA) is 64.8 Å². The molecule has 1 amide bonds. The lowest BCUT2D eigenvalue weighted by Gasteiger charge is -2.20. The number of likely N-dealkylation sites (tertiary alicyclic amines) is 1. The highest BCUT2D eigenvalue weighted by Crippen LogP contribution is 2.23. The maximum Gasteiger partial charge on any atom is 0.251 e. The van der Waals surface area contributed by atoms with Gasteiger partial charge in [0.2, 0.25) is 0 Å². The van der Waals surface area contributed by atoms with Gasteiger partial charge in [0, 0.05) is 26.7 Å². The Morgan fingerprint density at radius 2 is 2.31 bits per heavy atom. The molecule has 0 aromatic heterocycles. The first-order valence-corrected chi connectivity index (χ1v) is 5.91. The molecule has 0 saturated carbocycles. The smallest absolute Gasteiger partial charge is 0.251 e. The lowest BCUT2D eigenvalue weighted by Crippen LogP contribution is -2.38. The van der Waals surface area contributed by atoms with E-state index in [4.69, 9.17) is 15.2 Å².